The molecule has 2 aliphatic rings. The zero-order chi connectivity index (χ0) is 20.4. The number of methoxy groups -OCH3 is 2. The van der Waals surface area contributed by atoms with E-state index < -0.39 is 0 Å². The molecule has 1 aromatic heterocycles. The Morgan fingerprint density at radius 3 is 2.34 bits per heavy atom. The van der Waals surface area contributed by atoms with E-state index in [4.69, 9.17) is 9.47 Å². The number of hydrogen-bond acceptors (Lipinski definition) is 6. The number of aromatic nitrogens is 1. The lowest BCUT2D eigenvalue weighted by Crippen LogP contribution is -2.44. The molecule has 0 bridgehead atoms. The van der Waals surface area contributed by atoms with Crippen LogP contribution in [-0.2, 0) is 13.0 Å². The summed E-state index contributed by atoms with van der Waals surface area (Å²) in [6, 6.07) is 7.91. The van der Waals surface area contributed by atoms with E-state index in [2.05, 4.69) is 21.8 Å². The predicted octanol–water partition coefficient (Wildman–Crippen LogP) is 2.05. The number of piperazine rings is 1. The number of benzene rings is 1. The third-order valence-corrected chi connectivity index (χ3v) is 5.84. The second-order valence-electron chi connectivity index (χ2n) is 7.64. The molecule has 2 aliphatic heterocycles. The molecular formula is C22H28N4O3. The lowest BCUT2D eigenvalue weighted by Gasteiger charge is -2.34. The number of amides is 1. The maximum atomic E-state index is 13.2. The van der Waals surface area contributed by atoms with E-state index >= 15 is 0 Å². The van der Waals surface area contributed by atoms with Gasteiger partial charge in [-0.05, 0) is 48.9 Å². The standard InChI is InChI=1S/C22H28N4O3/c1-24-8-10-25(11-9-24)18-4-6-23-19(14-18)22(27)26-7-5-16-12-20(28-2)21(29-3)13-17(16)15-26/h4,6,12-14H,5,7-11,15H2,1-3H3. The Labute approximate surface area is 171 Å². The van der Waals surface area contributed by atoms with Crippen molar-refractivity contribution in [1.29, 1.82) is 0 Å². The van der Waals surface area contributed by atoms with Gasteiger partial charge in [-0.1, -0.05) is 0 Å². The Balaban J connectivity index is 1.51. The van der Waals surface area contributed by atoms with E-state index in [1.54, 1.807) is 20.4 Å². The molecule has 0 radical (unpaired) electrons. The summed E-state index contributed by atoms with van der Waals surface area (Å²) in [5, 5.41) is 0. The minimum atomic E-state index is -0.0265. The summed E-state index contributed by atoms with van der Waals surface area (Å²) in [4.78, 5) is 24.0. The summed E-state index contributed by atoms with van der Waals surface area (Å²) >= 11 is 0. The number of anilines is 1. The van der Waals surface area contributed by atoms with Crippen molar-refractivity contribution in [3.63, 3.8) is 0 Å². The van der Waals surface area contributed by atoms with E-state index in [9.17, 15) is 4.79 Å². The molecule has 1 aromatic carbocycles. The molecule has 0 aliphatic carbocycles. The summed E-state index contributed by atoms with van der Waals surface area (Å²) in [6.45, 7) is 5.20. The van der Waals surface area contributed by atoms with Crippen molar-refractivity contribution in [2.24, 2.45) is 0 Å². The maximum Gasteiger partial charge on any atom is 0.272 e. The zero-order valence-electron chi connectivity index (χ0n) is 17.4. The van der Waals surface area contributed by atoms with Gasteiger partial charge in [-0.15, -0.1) is 0 Å². The van der Waals surface area contributed by atoms with Crippen LogP contribution in [0.3, 0.4) is 0 Å². The number of nitrogens with zero attached hydrogens (tertiary/aromatic N) is 4. The third-order valence-electron chi connectivity index (χ3n) is 5.84. The van der Waals surface area contributed by atoms with Crippen LogP contribution in [-0.4, -0.2) is 74.7 Å². The van der Waals surface area contributed by atoms with Crippen molar-refractivity contribution < 1.29 is 14.3 Å². The Morgan fingerprint density at radius 1 is 0.966 bits per heavy atom. The van der Waals surface area contributed by atoms with Crippen LogP contribution in [0.15, 0.2) is 30.5 Å². The SMILES string of the molecule is COc1cc2c(cc1OC)CN(C(=O)c1cc(N3CCN(C)CC3)ccn1)CC2. The molecule has 0 saturated carbocycles. The monoisotopic (exact) mass is 396 g/mol. The highest BCUT2D eigenvalue weighted by molar-refractivity contribution is 5.93. The molecule has 154 valence electrons. The normalized spacial score (nSPS) is 17.1. The van der Waals surface area contributed by atoms with Crippen LogP contribution >= 0.6 is 0 Å². The topological polar surface area (TPSA) is 58.1 Å². The molecule has 3 heterocycles. The van der Waals surface area contributed by atoms with Gasteiger partial charge < -0.3 is 24.2 Å². The molecule has 0 unspecified atom stereocenters. The lowest BCUT2D eigenvalue weighted by molar-refractivity contribution is 0.0728. The number of hydrogen-bond donors (Lipinski definition) is 0. The second-order valence-corrected chi connectivity index (χ2v) is 7.64. The lowest BCUT2D eigenvalue weighted by atomic mass is 9.98. The van der Waals surface area contributed by atoms with Gasteiger partial charge in [-0.3, -0.25) is 9.78 Å². The fourth-order valence-corrected chi connectivity index (χ4v) is 4.02. The number of pyridine rings is 1. The summed E-state index contributed by atoms with van der Waals surface area (Å²) < 4.78 is 10.8. The minimum Gasteiger partial charge on any atom is -0.493 e. The molecule has 4 rings (SSSR count). The van der Waals surface area contributed by atoms with E-state index in [0.717, 1.165) is 49.6 Å². The molecule has 7 nitrogen and oxygen atoms in total. The van der Waals surface area contributed by atoms with Crippen molar-refractivity contribution in [1.82, 2.24) is 14.8 Å². The fraction of sp³-hybridized carbons (Fsp3) is 0.455. The van der Waals surface area contributed by atoms with Crippen molar-refractivity contribution in [3.8, 4) is 11.5 Å². The van der Waals surface area contributed by atoms with Gasteiger partial charge in [0.25, 0.3) is 5.91 Å². The van der Waals surface area contributed by atoms with Gasteiger partial charge in [0, 0.05) is 51.2 Å². The predicted molar refractivity (Wildman–Crippen MR) is 112 cm³/mol. The van der Waals surface area contributed by atoms with Crippen molar-refractivity contribution in [2.45, 2.75) is 13.0 Å². The summed E-state index contributed by atoms with van der Waals surface area (Å²) in [5.41, 5.74) is 3.87. The first-order valence-corrected chi connectivity index (χ1v) is 10.0. The number of fused-ring (bicyclic) bond motifs is 1. The van der Waals surface area contributed by atoms with Crippen LogP contribution < -0.4 is 14.4 Å². The molecule has 29 heavy (non-hydrogen) atoms. The van der Waals surface area contributed by atoms with Crippen LogP contribution in [0.1, 0.15) is 21.6 Å². The molecule has 0 atom stereocenters. The van der Waals surface area contributed by atoms with Crippen molar-refractivity contribution in [2.75, 3.05) is 58.9 Å². The van der Waals surface area contributed by atoms with Gasteiger partial charge in [0.15, 0.2) is 11.5 Å². The summed E-state index contributed by atoms with van der Waals surface area (Å²) in [5.74, 6) is 1.39. The van der Waals surface area contributed by atoms with Crippen LogP contribution in [0.4, 0.5) is 5.69 Å². The summed E-state index contributed by atoms with van der Waals surface area (Å²) in [6.07, 6.45) is 2.53. The maximum absolute atomic E-state index is 13.2. The largest absolute Gasteiger partial charge is 0.493 e. The van der Waals surface area contributed by atoms with Crippen LogP contribution in [0, 0.1) is 0 Å². The second kappa shape index (κ2) is 8.29. The van der Waals surface area contributed by atoms with Crippen molar-refractivity contribution >= 4 is 11.6 Å². The number of carbonyl (C=O) groups is 1. The Bertz CT molecular complexity index is 894. The zero-order valence-corrected chi connectivity index (χ0v) is 17.4. The Hall–Kier alpha value is -2.80. The van der Waals surface area contributed by atoms with Crippen LogP contribution in [0.25, 0.3) is 0 Å². The Morgan fingerprint density at radius 2 is 1.66 bits per heavy atom. The van der Waals surface area contributed by atoms with Gasteiger partial charge in [0.2, 0.25) is 0 Å². The number of carbonyl (C=O) groups excluding carboxylic acids is 1. The first-order chi connectivity index (χ1) is 14.1. The highest BCUT2D eigenvalue weighted by atomic mass is 16.5. The minimum absolute atomic E-state index is 0.0265. The molecular weight excluding hydrogens is 368 g/mol. The van der Waals surface area contributed by atoms with E-state index in [1.807, 2.05) is 29.2 Å². The first-order valence-electron chi connectivity index (χ1n) is 10.0. The van der Waals surface area contributed by atoms with Gasteiger partial charge in [-0.2, -0.15) is 0 Å². The molecule has 0 N–H and O–H groups in total. The molecule has 1 saturated heterocycles. The third kappa shape index (κ3) is 4.00. The quantitative estimate of drug-likeness (QED) is 0.789. The van der Waals surface area contributed by atoms with Crippen LogP contribution in [0.5, 0.6) is 11.5 Å². The number of rotatable bonds is 4. The van der Waals surface area contributed by atoms with Crippen LogP contribution in [0.2, 0.25) is 0 Å². The molecule has 1 fully saturated rings. The molecule has 2 aromatic rings. The van der Waals surface area contributed by atoms with E-state index in [1.165, 1.54) is 5.56 Å². The van der Waals surface area contributed by atoms with E-state index in [-0.39, 0.29) is 5.91 Å². The first kappa shape index (κ1) is 19.5. The fourth-order valence-electron chi connectivity index (χ4n) is 4.02. The number of ether oxygens (including phenoxy) is 2. The van der Waals surface area contributed by atoms with E-state index in [0.29, 0.717) is 24.5 Å². The van der Waals surface area contributed by atoms with Crippen molar-refractivity contribution in [3.05, 3.63) is 47.3 Å². The average molecular weight is 396 g/mol. The summed E-state index contributed by atoms with van der Waals surface area (Å²) in [7, 11) is 5.41. The number of likely N-dealkylation sites (N-methyl/N-ethyl adjacent to an activating group) is 1. The molecule has 1 amide bonds. The van der Waals surface area contributed by atoms with Gasteiger partial charge in [0.05, 0.1) is 14.2 Å². The van der Waals surface area contributed by atoms with Gasteiger partial charge >= 0.3 is 0 Å². The average Bonchev–Trinajstić information content (AvgIpc) is 2.77. The van der Waals surface area contributed by atoms with Gasteiger partial charge in [-0.25, -0.2) is 0 Å². The highest BCUT2D eigenvalue weighted by Crippen LogP contribution is 2.33. The molecule has 7 heteroatoms. The smallest absolute Gasteiger partial charge is 0.272 e. The van der Waals surface area contributed by atoms with Gasteiger partial charge in [0.1, 0.15) is 5.69 Å². The highest BCUT2D eigenvalue weighted by Gasteiger charge is 2.25. The Kier molecular flexibility index (Phi) is 5.58. The molecule has 0 spiro atoms.